The van der Waals surface area contributed by atoms with Gasteiger partial charge in [-0.25, -0.2) is 0 Å². The number of hydrogen-bond acceptors (Lipinski definition) is 7. The quantitative estimate of drug-likeness (QED) is 0.679. The van der Waals surface area contributed by atoms with Crippen LogP contribution in [0, 0.1) is 11.3 Å². The Labute approximate surface area is 193 Å². The smallest absolute Gasteiger partial charge is 0.149 e. The Kier molecular flexibility index (Phi) is 5.15. The van der Waals surface area contributed by atoms with Gasteiger partial charge in [0.05, 0.1) is 19.9 Å². The molecular weight excluding hydrogens is 420 g/mol. The van der Waals surface area contributed by atoms with Gasteiger partial charge in [-0.2, -0.15) is 0 Å². The molecule has 172 valence electrons. The molecule has 2 heterocycles. The second-order valence-electron chi connectivity index (χ2n) is 9.37. The largest absolute Gasteiger partial charge is 0.497 e. The molecule has 0 saturated heterocycles. The van der Waals surface area contributed by atoms with E-state index in [9.17, 15) is 4.79 Å². The Morgan fingerprint density at radius 1 is 0.909 bits per heavy atom. The van der Waals surface area contributed by atoms with Gasteiger partial charge in [-0.05, 0) is 74.4 Å². The van der Waals surface area contributed by atoms with Gasteiger partial charge in [0.25, 0.3) is 0 Å². The van der Waals surface area contributed by atoms with Crippen LogP contribution in [-0.4, -0.2) is 43.1 Å². The van der Waals surface area contributed by atoms with E-state index in [1.165, 1.54) is 0 Å². The van der Waals surface area contributed by atoms with Crippen molar-refractivity contribution in [2.24, 2.45) is 21.6 Å². The van der Waals surface area contributed by atoms with Crippen molar-refractivity contribution in [3.63, 3.8) is 0 Å². The SMILES string of the molecule is COc1ccc(C2=NOC(C)([C@H]3CC(=O)[C@]4(C)C(c5ccc(OC)cc5)=NOC4C3)C2)cc1. The fourth-order valence-electron chi connectivity index (χ4n) is 5.12. The molecule has 33 heavy (non-hydrogen) atoms. The van der Waals surface area contributed by atoms with Crippen molar-refractivity contribution in [2.75, 3.05) is 14.2 Å². The fourth-order valence-corrected chi connectivity index (χ4v) is 5.12. The average Bonchev–Trinajstić information content (AvgIpc) is 3.41. The fraction of sp³-hybridized carbons (Fsp3) is 0.423. The predicted molar refractivity (Wildman–Crippen MR) is 124 cm³/mol. The zero-order valence-corrected chi connectivity index (χ0v) is 19.3. The van der Waals surface area contributed by atoms with E-state index in [1.54, 1.807) is 14.2 Å². The molecule has 2 aliphatic heterocycles. The van der Waals surface area contributed by atoms with Crippen molar-refractivity contribution in [3.05, 3.63) is 59.7 Å². The number of oxime groups is 2. The normalized spacial score (nSPS) is 30.6. The molecule has 0 spiro atoms. The predicted octanol–water partition coefficient (Wildman–Crippen LogP) is 4.38. The number of methoxy groups -OCH3 is 2. The van der Waals surface area contributed by atoms with E-state index in [0.717, 1.165) is 28.3 Å². The Bertz CT molecular complexity index is 1120. The topological polar surface area (TPSA) is 78.7 Å². The molecule has 1 fully saturated rings. The van der Waals surface area contributed by atoms with Gasteiger partial charge >= 0.3 is 0 Å². The molecule has 0 aromatic heterocycles. The van der Waals surface area contributed by atoms with Gasteiger partial charge in [-0.1, -0.05) is 10.3 Å². The summed E-state index contributed by atoms with van der Waals surface area (Å²) < 4.78 is 10.5. The molecule has 0 amide bonds. The van der Waals surface area contributed by atoms with Crippen LogP contribution in [0.3, 0.4) is 0 Å². The molecule has 1 aliphatic carbocycles. The number of benzene rings is 2. The molecule has 2 aromatic carbocycles. The third-order valence-corrected chi connectivity index (χ3v) is 7.45. The Morgan fingerprint density at radius 3 is 2.12 bits per heavy atom. The van der Waals surface area contributed by atoms with Crippen molar-refractivity contribution < 1.29 is 23.9 Å². The van der Waals surface area contributed by atoms with Gasteiger partial charge < -0.3 is 19.1 Å². The summed E-state index contributed by atoms with van der Waals surface area (Å²) in [6.45, 7) is 3.98. The standard InChI is InChI=1S/C26H28N2O5/c1-25(15-21(27-33-25)16-5-9-19(30-3)10-6-16)18-13-22(29)26(2)23(14-18)32-28-24(26)17-7-11-20(31-4)12-8-17/h5-12,18,23H,13-15H2,1-4H3/t18-,23?,25?,26-/m0/s1. The van der Waals surface area contributed by atoms with Crippen LogP contribution >= 0.6 is 0 Å². The van der Waals surface area contributed by atoms with E-state index < -0.39 is 11.0 Å². The summed E-state index contributed by atoms with van der Waals surface area (Å²) in [6.07, 6.45) is 1.37. The maximum Gasteiger partial charge on any atom is 0.149 e. The minimum absolute atomic E-state index is 0.0204. The highest BCUT2D eigenvalue weighted by Crippen LogP contribution is 2.49. The number of carbonyl (C=O) groups is 1. The average molecular weight is 449 g/mol. The summed E-state index contributed by atoms with van der Waals surface area (Å²) in [4.78, 5) is 25.4. The van der Waals surface area contributed by atoms with E-state index >= 15 is 0 Å². The number of hydrogen-bond donors (Lipinski definition) is 0. The van der Waals surface area contributed by atoms with E-state index in [0.29, 0.717) is 25.0 Å². The molecule has 3 aliphatic rings. The van der Waals surface area contributed by atoms with Crippen LogP contribution in [0.2, 0.25) is 0 Å². The van der Waals surface area contributed by atoms with Crippen LogP contribution in [-0.2, 0) is 14.5 Å². The van der Waals surface area contributed by atoms with Crippen LogP contribution < -0.4 is 9.47 Å². The zero-order valence-electron chi connectivity index (χ0n) is 19.3. The highest BCUT2D eigenvalue weighted by Gasteiger charge is 2.59. The molecule has 0 bridgehead atoms. The first-order valence-electron chi connectivity index (χ1n) is 11.2. The third kappa shape index (κ3) is 3.46. The van der Waals surface area contributed by atoms with Gasteiger partial charge in [0.1, 0.15) is 40.1 Å². The number of carbonyl (C=O) groups excluding carboxylic acids is 1. The molecule has 0 N–H and O–H groups in total. The van der Waals surface area contributed by atoms with Gasteiger partial charge in [-0.3, -0.25) is 4.79 Å². The maximum absolute atomic E-state index is 13.5. The minimum atomic E-state index is -0.778. The number of ether oxygens (including phenoxy) is 2. The van der Waals surface area contributed by atoms with Gasteiger partial charge in [0.2, 0.25) is 0 Å². The lowest BCUT2D eigenvalue weighted by Gasteiger charge is -2.41. The lowest BCUT2D eigenvalue weighted by Crippen LogP contribution is -2.53. The van der Waals surface area contributed by atoms with Crippen molar-refractivity contribution in [2.45, 2.75) is 44.8 Å². The first-order chi connectivity index (χ1) is 15.9. The molecule has 2 aromatic rings. The Morgan fingerprint density at radius 2 is 1.52 bits per heavy atom. The zero-order chi connectivity index (χ0) is 23.2. The van der Waals surface area contributed by atoms with Crippen LogP contribution in [0.15, 0.2) is 58.8 Å². The molecule has 7 heteroatoms. The van der Waals surface area contributed by atoms with Crippen LogP contribution in [0.25, 0.3) is 0 Å². The van der Waals surface area contributed by atoms with Gasteiger partial charge in [-0.15, -0.1) is 0 Å². The highest BCUT2D eigenvalue weighted by atomic mass is 16.7. The van der Waals surface area contributed by atoms with Crippen LogP contribution in [0.5, 0.6) is 11.5 Å². The van der Waals surface area contributed by atoms with E-state index in [2.05, 4.69) is 10.3 Å². The van der Waals surface area contributed by atoms with Crippen molar-refractivity contribution in [3.8, 4) is 11.5 Å². The molecule has 4 atom stereocenters. The third-order valence-electron chi connectivity index (χ3n) is 7.45. The van der Waals surface area contributed by atoms with Gasteiger partial charge in [0, 0.05) is 24.3 Å². The maximum atomic E-state index is 13.5. The monoisotopic (exact) mass is 448 g/mol. The van der Waals surface area contributed by atoms with E-state index in [1.807, 2.05) is 62.4 Å². The number of Topliss-reactive ketones (excluding diaryl/α,β-unsaturated/α-hetero) is 1. The van der Waals surface area contributed by atoms with Crippen molar-refractivity contribution >= 4 is 17.2 Å². The second-order valence-corrected chi connectivity index (χ2v) is 9.37. The number of fused-ring (bicyclic) bond motifs is 1. The van der Waals surface area contributed by atoms with Crippen LogP contribution in [0.4, 0.5) is 0 Å². The summed E-state index contributed by atoms with van der Waals surface area (Å²) in [5.74, 6) is 1.66. The lowest BCUT2D eigenvalue weighted by molar-refractivity contribution is -0.145. The van der Waals surface area contributed by atoms with Gasteiger partial charge in [0.15, 0.2) is 0 Å². The number of ketones is 1. The van der Waals surface area contributed by atoms with Crippen LogP contribution in [0.1, 0.15) is 44.2 Å². The highest BCUT2D eigenvalue weighted by molar-refractivity contribution is 6.18. The Balaban J connectivity index is 1.32. The number of rotatable bonds is 5. The molecule has 2 unspecified atom stereocenters. The summed E-state index contributed by atoms with van der Waals surface area (Å²) in [5.41, 5.74) is 2.09. The molecular formula is C26H28N2O5. The minimum Gasteiger partial charge on any atom is -0.497 e. The first-order valence-corrected chi connectivity index (χ1v) is 11.2. The lowest BCUT2D eigenvalue weighted by atomic mass is 9.62. The summed E-state index contributed by atoms with van der Waals surface area (Å²) >= 11 is 0. The second kappa shape index (κ2) is 7.90. The van der Waals surface area contributed by atoms with E-state index in [4.69, 9.17) is 19.1 Å². The van der Waals surface area contributed by atoms with Crippen molar-refractivity contribution in [1.29, 1.82) is 0 Å². The summed E-state index contributed by atoms with van der Waals surface area (Å²) in [6, 6.07) is 15.4. The van der Waals surface area contributed by atoms with Crippen molar-refractivity contribution in [1.82, 2.24) is 0 Å². The molecule has 5 rings (SSSR count). The summed E-state index contributed by atoms with van der Waals surface area (Å²) in [7, 11) is 3.27. The molecule has 1 saturated carbocycles. The molecule has 7 nitrogen and oxygen atoms in total. The van der Waals surface area contributed by atoms with E-state index in [-0.39, 0.29) is 17.8 Å². The Hall–Kier alpha value is -3.35. The molecule has 0 radical (unpaired) electrons. The summed E-state index contributed by atoms with van der Waals surface area (Å²) in [5, 5.41) is 8.74. The first kappa shape index (κ1) is 21.5. The number of nitrogens with zero attached hydrogens (tertiary/aromatic N) is 2.